The number of carboxylic acid groups (broad SMARTS) is 1. The lowest BCUT2D eigenvalue weighted by Gasteiger charge is -2.14. The van der Waals surface area contributed by atoms with Gasteiger partial charge in [0, 0.05) is 39.9 Å². The zero-order chi connectivity index (χ0) is 22.0. The molecular formula is C21H19Cl2N5O2S. The minimum Gasteiger partial charge on any atom is -0.481 e. The van der Waals surface area contributed by atoms with Crippen LogP contribution in [-0.2, 0) is 4.79 Å². The van der Waals surface area contributed by atoms with Gasteiger partial charge in [0.05, 0.1) is 11.4 Å². The van der Waals surface area contributed by atoms with Crippen LogP contribution in [0.15, 0.2) is 52.6 Å². The van der Waals surface area contributed by atoms with Crippen LogP contribution in [0.3, 0.4) is 0 Å². The van der Waals surface area contributed by atoms with Crippen LogP contribution in [0.25, 0.3) is 5.69 Å². The molecule has 1 aromatic heterocycles. The molecule has 0 spiro atoms. The molecule has 2 heterocycles. The highest BCUT2D eigenvalue weighted by molar-refractivity contribution is 7.99. The smallest absolute Gasteiger partial charge is 0.303 e. The van der Waals surface area contributed by atoms with Crippen molar-refractivity contribution in [3.8, 4) is 5.69 Å². The molecule has 0 aliphatic carbocycles. The minimum absolute atomic E-state index is 0.0563. The Bertz CT molecular complexity index is 1160. The van der Waals surface area contributed by atoms with Gasteiger partial charge in [0.2, 0.25) is 0 Å². The third-order valence-corrected chi connectivity index (χ3v) is 6.33. The summed E-state index contributed by atoms with van der Waals surface area (Å²) < 4.78 is 1.92. The SMILES string of the molecule is NCCSc1nnc2n1-c1ccc(Cl)cc1C(c1ccccc1Cl)=N[C@H]2CCC(=O)O. The number of thioether (sulfide) groups is 1. The molecular weight excluding hydrogens is 457 g/mol. The fourth-order valence-corrected chi connectivity index (χ4v) is 4.58. The van der Waals surface area contributed by atoms with Crippen molar-refractivity contribution in [3.05, 3.63) is 69.5 Å². The first kappa shape index (κ1) is 21.8. The third-order valence-electron chi connectivity index (χ3n) is 4.81. The highest BCUT2D eigenvalue weighted by atomic mass is 35.5. The lowest BCUT2D eigenvalue weighted by molar-refractivity contribution is -0.137. The van der Waals surface area contributed by atoms with Crippen LogP contribution >= 0.6 is 35.0 Å². The normalized spacial score (nSPS) is 15.1. The van der Waals surface area contributed by atoms with E-state index in [1.165, 1.54) is 11.8 Å². The summed E-state index contributed by atoms with van der Waals surface area (Å²) in [7, 11) is 0. The molecule has 1 aliphatic rings. The highest BCUT2D eigenvalue weighted by Gasteiger charge is 2.30. The Kier molecular flexibility index (Phi) is 6.62. The van der Waals surface area contributed by atoms with Crippen molar-refractivity contribution >= 4 is 46.6 Å². The molecule has 0 amide bonds. The number of halogens is 2. The van der Waals surface area contributed by atoms with Crippen molar-refractivity contribution in [1.29, 1.82) is 0 Å². The maximum absolute atomic E-state index is 11.3. The fourth-order valence-electron chi connectivity index (χ4n) is 3.46. The lowest BCUT2D eigenvalue weighted by atomic mass is 10.00. The second kappa shape index (κ2) is 9.40. The number of aromatic nitrogens is 3. The first-order chi connectivity index (χ1) is 15.0. The second-order valence-electron chi connectivity index (χ2n) is 6.88. The van der Waals surface area contributed by atoms with E-state index in [1.807, 2.05) is 34.9 Å². The molecule has 0 bridgehead atoms. The molecule has 0 saturated carbocycles. The average molecular weight is 476 g/mol. The minimum atomic E-state index is -0.900. The maximum atomic E-state index is 11.3. The predicted octanol–water partition coefficient (Wildman–Crippen LogP) is 4.38. The van der Waals surface area contributed by atoms with Crippen molar-refractivity contribution in [3.63, 3.8) is 0 Å². The summed E-state index contributed by atoms with van der Waals surface area (Å²) in [5.74, 6) is 0.341. The van der Waals surface area contributed by atoms with Gasteiger partial charge in [-0.1, -0.05) is 53.2 Å². The summed E-state index contributed by atoms with van der Waals surface area (Å²) in [4.78, 5) is 16.3. The van der Waals surface area contributed by atoms with E-state index in [0.29, 0.717) is 39.0 Å². The summed E-state index contributed by atoms with van der Waals surface area (Å²) in [5.41, 5.74) is 8.65. The number of rotatable bonds is 7. The number of nitrogens with two attached hydrogens (primary N) is 1. The molecule has 7 nitrogen and oxygen atoms in total. The summed E-state index contributed by atoms with van der Waals surface area (Å²) in [5, 5.41) is 19.8. The lowest BCUT2D eigenvalue weighted by Crippen LogP contribution is -2.09. The monoisotopic (exact) mass is 475 g/mol. The van der Waals surface area contributed by atoms with Crippen molar-refractivity contribution in [1.82, 2.24) is 14.8 Å². The Balaban J connectivity index is 1.97. The van der Waals surface area contributed by atoms with Gasteiger partial charge in [-0.3, -0.25) is 14.4 Å². The van der Waals surface area contributed by atoms with Crippen LogP contribution < -0.4 is 5.73 Å². The molecule has 2 aromatic carbocycles. The average Bonchev–Trinajstić information content (AvgIpc) is 3.11. The largest absolute Gasteiger partial charge is 0.481 e. The van der Waals surface area contributed by atoms with E-state index >= 15 is 0 Å². The van der Waals surface area contributed by atoms with Gasteiger partial charge in [0.15, 0.2) is 11.0 Å². The third kappa shape index (κ3) is 4.48. The van der Waals surface area contributed by atoms with Gasteiger partial charge in [0.25, 0.3) is 0 Å². The van der Waals surface area contributed by atoms with E-state index in [1.54, 1.807) is 12.1 Å². The number of carbonyl (C=O) groups is 1. The van der Waals surface area contributed by atoms with E-state index in [-0.39, 0.29) is 12.8 Å². The molecule has 0 unspecified atom stereocenters. The molecule has 0 fully saturated rings. The zero-order valence-electron chi connectivity index (χ0n) is 16.3. The molecule has 10 heteroatoms. The van der Waals surface area contributed by atoms with Crippen LogP contribution in [0.5, 0.6) is 0 Å². The van der Waals surface area contributed by atoms with Gasteiger partial charge < -0.3 is 10.8 Å². The number of hydrogen-bond acceptors (Lipinski definition) is 6. The topological polar surface area (TPSA) is 106 Å². The molecule has 160 valence electrons. The second-order valence-corrected chi connectivity index (χ2v) is 8.79. The summed E-state index contributed by atoms with van der Waals surface area (Å²) in [6.45, 7) is 0.490. The number of aliphatic carboxylic acids is 1. The predicted molar refractivity (Wildman–Crippen MR) is 123 cm³/mol. The molecule has 3 aromatic rings. The van der Waals surface area contributed by atoms with Gasteiger partial charge in [-0.15, -0.1) is 10.2 Å². The van der Waals surface area contributed by atoms with Crippen molar-refractivity contribution in [2.75, 3.05) is 12.3 Å². The van der Waals surface area contributed by atoms with Crippen LogP contribution in [0, 0.1) is 0 Å². The van der Waals surface area contributed by atoms with Crippen molar-refractivity contribution < 1.29 is 9.90 Å². The Morgan fingerprint density at radius 2 is 1.97 bits per heavy atom. The van der Waals surface area contributed by atoms with Crippen molar-refractivity contribution in [2.24, 2.45) is 10.7 Å². The number of nitrogens with zero attached hydrogens (tertiary/aromatic N) is 4. The molecule has 3 N–H and O–H groups in total. The van der Waals surface area contributed by atoms with E-state index < -0.39 is 12.0 Å². The van der Waals surface area contributed by atoms with Gasteiger partial charge in [-0.2, -0.15) is 0 Å². The van der Waals surface area contributed by atoms with E-state index in [0.717, 1.165) is 16.8 Å². The molecule has 0 saturated heterocycles. The quantitative estimate of drug-likeness (QED) is 0.490. The summed E-state index contributed by atoms with van der Waals surface area (Å²) in [6, 6.07) is 12.4. The van der Waals surface area contributed by atoms with Crippen molar-refractivity contribution in [2.45, 2.75) is 24.0 Å². The molecule has 0 radical (unpaired) electrons. The number of hydrogen-bond donors (Lipinski definition) is 2. The Labute approximate surface area is 193 Å². The van der Waals surface area contributed by atoms with Gasteiger partial charge in [-0.25, -0.2) is 0 Å². The number of aliphatic imine (C=N–C) groups is 1. The summed E-state index contributed by atoms with van der Waals surface area (Å²) in [6.07, 6.45) is 0.212. The van der Waals surface area contributed by atoms with Crippen LogP contribution in [0.2, 0.25) is 10.0 Å². The van der Waals surface area contributed by atoms with E-state index in [2.05, 4.69) is 10.2 Å². The van der Waals surface area contributed by atoms with Crippen LogP contribution in [0.1, 0.15) is 35.8 Å². The Hall–Kier alpha value is -2.39. The van der Waals surface area contributed by atoms with Gasteiger partial charge in [0.1, 0.15) is 6.04 Å². The molecule has 4 rings (SSSR count). The first-order valence-corrected chi connectivity index (χ1v) is 11.4. The zero-order valence-corrected chi connectivity index (χ0v) is 18.7. The Morgan fingerprint density at radius 3 is 2.71 bits per heavy atom. The number of fused-ring (bicyclic) bond motifs is 3. The highest BCUT2D eigenvalue weighted by Crippen LogP contribution is 2.37. The standard InChI is InChI=1S/C21H19Cl2N5O2S/c22-12-5-7-17-14(11-12)19(13-3-1-2-4-15(13)23)25-16(6-8-18(29)30)20-26-27-21(28(17)20)31-10-9-24/h1-5,7,11,16H,6,8-10,24H2,(H,29,30)/t16-/m0/s1. The first-order valence-electron chi connectivity index (χ1n) is 9.62. The van der Waals surface area contributed by atoms with E-state index in [9.17, 15) is 9.90 Å². The molecule has 1 aliphatic heterocycles. The van der Waals surface area contributed by atoms with Gasteiger partial charge in [-0.05, 0) is 30.7 Å². The number of carboxylic acids is 1. The van der Waals surface area contributed by atoms with Crippen LogP contribution in [-0.4, -0.2) is 43.8 Å². The molecule has 31 heavy (non-hydrogen) atoms. The number of benzene rings is 2. The fraction of sp³-hybridized carbons (Fsp3) is 0.238. The van der Waals surface area contributed by atoms with Gasteiger partial charge >= 0.3 is 5.97 Å². The Morgan fingerprint density at radius 1 is 1.16 bits per heavy atom. The summed E-state index contributed by atoms with van der Waals surface area (Å²) >= 11 is 14.4. The van der Waals surface area contributed by atoms with E-state index in [4.69, 9.17) is 33.9 Å². The maximum Gasteiger partial charge on any atom is 0.303 e. The molecule has 1 atom stereocenters. The van der Waals surface area contributed by atoms with Crippen LogP contribution in [0.4, 0.5) is 0 Å².